The molecule has 0 aromatic heterocycles. The molecule has 0 spiro atoms. The summed E-state index contributed by atoms with van der Waals surface area (Å²) in [4.78, 5) is 13.1. The molecule has 5 aliphatic rings. The number of nitrogens with one attached hydrogen (secondary N) is 1. The average molecular weight is 270 g/mol. The van der Waals surface area contributed by atoms with Crippen LogP contribution in [0.5, 0.6) is 0 Å². The second-order valence-electron chi connectivity index (χ2n) is 7.52. The van der Waals surface area contributed by atoms with Crippen LogP contribution in [-0.2, 0) is 4.79 Å². The zero-order chi connectivity index (χ0) is 13.7. The smallest absolute Gasteiger partial charge is 0.181 e. The van der Waals surface area contributed by atoms with Gasteiger partial charge in [-0.05, 0) is 69.1 Å². The highest BCUT2D eigenvalue weighted by molar-refractivity contribution is 6.04. The summed E-state index contributed by atoms with van der Waals surface area (Å²) in [5.74, 6) is 2.45. The van der Waals surface area contributed by atoms with Gasteiger partial charge >= 0.3 is 0 Å². The Morgan fingerprint density at radius 2 is 1.75 bits per heavy atom. The first-order valence-electron chi connectivity index (χ1n) is 8.12. The number of rotatable bonds is 2. The van der Waals surface area contributed by atoms with Crippen LogP contribution in [0.3, 0.4) is 0 Å². The lowest BCUT2D eigenvalue weighted by Gasteiger charge is -2.55. The fourth-order valence-corrected chi connectivity index (χ4v) is 5.72. The largest absolute Gasteiger partial charge is 0.387 e. The lowest BCUT2D eigenvalue weighted by Crippen LogP contribution is -2.50. The molecule has 0 aromatic carbocycles. The first-order chi connectivity index (χ1) is 9.70. The molecule has 4 saturated carbocycles. The summed E-state index contributed by atoms with van der Waals surface area (Å²) in [6.07, 6.45) is 9.09. The van der Waals surface area contributed by atoms with Crippen molar-refractivity contribution in [2.24, 2.45) is 23.2 Å². The van der Waals surface area contributed by atoms with E-state index in [1.165, 1.54) is 19.3 Å². The standard InChI is InChI=1S/C17H22N2O/c18-10-14(15-2-1-3-19-15)16(20)17-7-11-4-12(8-17)6-13(5-11)9-17/h11-13,19H,1-9H2/b15-14+. The predicted molar refractivity (Wildman–Crippen MR) is 75.5 cm³/mol. The molecule has 1 aliphatic heterocycles. The van der Waals surface area contributed by atoms with E-state index in [0.717, 1.165) is 62.1 Å². The van der Waals surface area contributed by atoms with Crippen molar-refractivity contribution in [2.75, 3.05) is 6.54 Å². The topological polar surface area (TPSA) is 52.9 Å². The van der Waals surface area contributed by atoms with Crippen molar-refractivity contribution in [3.63, 3.8) is 0 Å². The van der Waals surface area contributed by atoms with Crippen LogP contribution >= 0.6 is 0 Å². The highest BCUT2D eigenvalue weighted by Crippen LogP contribution is 2.61. The number of hydrogen-bond donors (Lipinski definition) is 1. The summed E-state index contributed by atoms with van der Waals surface area (Å²) < 4.78 is 0. The molecular weight excluding hydrogens is 248 g/mol. The summed E-state index contributed by atoms with van der Waals surface area (Å²) in [6.45, 7) is 0.911. The van der Waals surface area contributed by atoms with Gasteiger partial charge in [-0.1, -0.05) is 0 Å². The van der Waals surface area contributed by atoms with Gasteiger partial charge in [0.15, 0.2) is 5.78 Å². The molecule has 1 N–H and O–H groups in total. The number of carbonyl (C=O) groups is 1. The van der Waals surface area contributed by atoms with E-state index in [1.54, 1.807) is 0 Å². The van der Waals surface area contributed by atoms with Gasteiger partial charge in [0.25, 0.3) is 0 Å². The molecule has 0 atom stereocenters. The molecule has 0 unspecified atom stereocenters. The van der Waals surface area contributed by atoms with E-state index in [-0.39, 0.29) is 11.2 Å². The molecule has 0 amide bonds. The van der Waals surface area contributed by atoms with E-state index in [2.05, 4.69) is 11.4 Å². The van der Waals surface area contributed by atoms with E-state index in [9.17, 15) is 10.1 Å². The Bertz CT molecular complexity index is 482. The molecule has 4 aliphatic carbocycles. The van der Waals surface area contributed by atoms with E-state index >= 15 is 0 Å². The normalized spacial score (nSPS) is 44.0. The summed E-state index contributed by atoms with van der Waals surface area (Å²) in [5, 5.41) is 12.7. The lowest BCUT2D eigenvalue weighted by molar-refractivity contribution is -0.139. The molecule has 0 aromatic rings. The van der Waals surface area contributed by atoms with Gasteiger partial charge in [-0.25, -0.2) is 0 Å². The summed E-state index contributed by atoms with van der Waals surface area (Å²) in [6, 6.07) is 2.24. The number of ketones is 1. The molecule has 1 heterocycles. The minimum absolute atomic E-state index is 0.170. The second kappa shape index (κ2) is 4.35. The highest BCUT2D eigenvalue weighted by Gasteiger charge is 2.55. The third kappa shape index (κ3) is 1.74. The molecule has 0 radical (unpaired) electrons. The molecular formula is C17H22N2O. The Balaban J connectivity index is 1.68. The molecule has 3 nitrogen and oxygen atoms in total. The third-order valence-corrected chi connectivity index (χ3v) is 6.10. The van der Waals surface area contributed by atoms with Crippen LogP contribution in [0.2, 0.25) is 0 Å². The number of hydrogen-bond acceptors (Lipinski definition) is 3. The maximum Gasteiger partial charge on any atom is 0.181 e. The van der Waals surface area contributed by atoms with Crippen molar-refractivity contribution >= 4 is 5.78 Å². The van der Waals surface area contributed by atoms with E-state index in [0.29, 0.717) is 5.57 Å². The van der Waals surface area contributed by atoms with Crippen LogP contribution in [0.15, 0.2) is 11.3 Å². The van der Waals surface area contributed by atoms with Gasteiger partial charge in [0.2, 0.25) is 0 Å². The Kier molecular flexibility index (Phi) is 2.70. The zero-order valence-corrected chi connectivity index (χ0v) is 12.0. The number of Topliss-reactive ketones (excluding diaryl/α,β-unsaturated/α-hetero) is 1. The Morgan fingerprint density at radius 1 is 1.15 bits per heavy atom. The summed E-state index contributed by atoms with van der Waals surface area (Å²) >= 11 is 0. The SMILES string of the molecule is N#C/C(C(=O)C12CC3CC(CC(C3)C1)C2)=C1/CCCN1. The number of nitrogens with zero attached hydrogens (tertiary/aromatic N) is 1. The van der Waals surface area contributed by atoms with Gasteiger partial charge in [-0.15, -0.1) is 0 Å². The first-order valence-corrected chi connectivity index (χ1v) is 8.12. The van der Waals surface area contributed by atoms with Crippen LogP contribution in [0, 0.1) is 34.5 Å². The molecule has 106 valence electrons. The number of allylic oxidation sites excluding steroid dienone is 2. The Hall–Kier alpha value is -1.30. The monoisotopic (exact) mass is 270 g/mol. The van der Waals surface area contributed by atoms with Gasteiger partial charge in [0.1, 0.15) is 11.6 Å². The highest BCUT2D eigenvalue weighted by atomic mass is 16.1. The quantitative estimate of drug-likeness (QED) is 0.620. The van der Waals surface area contributed by atoms with Gasteiger partial charge in [0.05, 0.1) is 0 Å². The molecule has 20 heavy (non-hydrogen) atoms. The number of carbonyl (C=O) groups excluding carboxylic acids is 1. The van der Waals surface area contributed by atoms with Crippen molar-refractivity contribution in [1.29, 1.82) is 5.26 Å². The predicted octanol–water partition coefficient (Wildman–Crippen LogP) is 2.93. The third-order valence-electron chi connectivity index (χ3n) is 6.10. The van der Waals surface area contributed by atoms with Crippen molar-refractivity contribution < 1.29 is 4.79 Å². The molecule has 1 saturated heterocycles. The second-order valence-corrected chi connectivity index (χ2v) is 7.52. The fraction of sp³-hybridized carbons (Fsp3) is 0.765. The van der Waals surface area contributed by atoms with Gasteiger partial charge in [0, 0.05) is 17.7 Å². The van der Waals surface area contributed by atoms with E-state index in [4.69, 9.17) is 0 Å². The Morgan fingerprint density at radius 3 is 2.20 bits per heavy atom. The van der Waals surface area contributed by atoms with Crippen molar-refractivity contribution in [1.82, 2.24) is 5.32 Å². The average Bonchev–Trinajstić information content (AvgIpc) is 2.92. The summed E-state index contributed by atoms with van der Waals surface area (Å²) in [7, 11) is 0. The van der Waals surface area contributed by atoms with Crippen LogP contribution in [0.4, 0.5) is 0 Å². The van der Waals surface area contributed by atoms with Crippen molar-refractivity contribution in [2.45, 2.75) is 51.4 Å². The first kappa shape index (κ1) is 12.4. The van der Waals surface area contributed by atoms with Crippen LogP contribution in [0.25, 0.3) is 0 Å². The minimum atomic E-state index is -0.170. The minimum Gasteiger partial charge on any atom is -0.387 e. The molecule has 3 heteroatoms. The molecule has 4 bridgehead atoms. The van der Waals surface area contributed by atoms with Crippen LogP contribution in [0.1, 0.15) is 51.4 Å². The van der Waals surface area contributed by atoms with Gasteiger partial charge < -0.3 is 5.32 Å². The van der Waals surface area contributed by atoms with E-state index < -0.39 is 0 Å². The maximum absolute atomic E-state index is 13.1. The Labute approximate surface area is 120 Å². The molecule has 5 rings (SSSR count). The lowest BCUT2D eigenvalue weighted by atomic mass is 9.48. The molecule has 5 fully saturated rings. The van der Waals surface area contributed by atoms with Crippen LogP contribution in [-0.4, -0.2) is 12.3 Å². The van der Waals surface area contributed by atoms with Crippen molar-refractivity contribution in [3.05, 3.63) is 11.3 Å². The number of nitriles is 1. The van der Waals surface area contributed by atoms with Crippen LogP contribution < -0.4 is 5.32 Å². The summed E-state index contributed by atoms with van der Waals surface area (Å²) in [5.41, 5.74) is 1.22. The van der Waals surface area contributed by atoms with Gasteiger partial charge in [-0.2, -0.15) is 5.26 Å². The van der Waals surface area contributed by atoms with Gasteiger partial charge in [-0.3, -0.25) is 4.79 Å². The zero-order valence-electron chi connectivity index (χ0n) is 12.0. The maximum atomic E-state index is 13.1. The fourth-order valence-electron chi connectivity index (χ4n) is 5.72. The van der Waals surface area contributed by atoms with E-state index in [1.807, 2.05) is 0 Å². The van der Waals surface area contributed by atoms with Crippen molar-refractivity contribution in [3.8, 4) is 6.07 Å².